The zero-order valence-electron chi connectivity index (χ0n) is 11.9. The van der Waals surface area contributed by atoms with Gasteiger partial charge in [-0.1, -0.05) is 36.4 Å². The Kier molecular flexibility index (Phi) is 4.58. The minimum Gasteiger partial charge on any atom is -0.496 e. The number of hydrogen-bond acceptors (Lipinski definition) is 2. The topological polar surface area (TPSA) is 21.3 Å². The van der Waals surface area contributed by atoms with Crippen LogP contribution in [0.1, 0.15) is 22.3 Å². The van der Waals surface area contributed by atoms with E-state index in [1.165, 1.54) is 22.3 Å². The molecule has 0 spiro atoms. The highest BCUT2D eigenvalue weighted by Gasteiger charge is 2.01. The summed E-state index contributed by atoms with van der Waals surface area (Å²) in [4.78, 5) is 0. The number of rotatable bonds is 5. The van der Waals surface area contributed by atoms with Crippen LogP contribution in [0.15, 0.2) is 42.5 Å². The highest BCUT2D eigenvalue weighted by atomic mass is 16.5. The zero-order chi connectivity index (χ0) is 13.7. The third kappa shape index (κ3) is 3.58. The van der Waals surface area contributed by atoms with Crippen molar-refractivity contribution in [3.63, 3.8) is 0 Å². The molecule has 0 amide bonds. The van der Waals surface area contributed by atoms with E-state index in [4.69, 9.17) is 4.74 Å². The van der Waals surface area contributed by atoms with Gasteiger partial charge in [0, 0.05) is 18.7 Å². The number of benzene rings is 2. The van der Waals surface area contributed by atoms with Gasteiger partial charge in [-0.2, -0.15) is 0 Å². The highest BCUT2D eigenvalue weighted by molar-refractivity contribution is 5.33. The van der Waals surface area contributed by atoms with E-state index in [-0.39, 0.29) is 0 Å². The molecule has 2 aromatic carbocycles. The molecule has 0 heterocycles. The number of para-hydroxylation sites is 1. The Bertz CT molecular complexity index is 549. The van der Waals surface area contributed by atoms with E-state index >= 15 is 0 Å². The average Bonchev–Trinajstić information content (AvgIpc) is 2.43. The first-order valence-electron chi connectivity index (χ1n) is 6.59. The molecule has 2 aromatic rings. The standard InChI is InChI=1S/C17H21NO/c1-13-8-9-15(10-14(13)2)11-18-12-16-6-4-5-7-17(16)19-3/h4-10,18H,11-12H2,1-3H3. The van der Waals surface area contributed by atoms with Crippen molar-refractivity contribution in [1.82, 2.24) is 5.32 Å². The SMILES string of the molecule is COc1ccccc1CNCc1ccc(C)c(C)c1. The zero-order valence-corrected chi connectivity index (χ0v) is 11.9. The van der Waals surface area contributed by atoms with Gasteiger partial charge in [-0.25, -0.2) is 0 Å². The molecule has 2 nitrogen and oxygen atoms in total. The summed E-state index contributed by atoms with van der Waals surface area (Å²) in [5.74, 6) is 0.940. The van der Waals surface area contributed by atoms with E-state index in [0.29, 0.717) is 0 Å². The van der Waals surface area contributed by atoms with E-state index in [2.05, 4.69) is 43.4 Å². The first kappa shape index (κ1) is 13.6. The summed E-state index contributed by atoms with van der Waals surface area (Å²) < 4.78 is 5.34. The molecule has 2 heteroatoms. The van der Waals surface area contributed by atoms with Crippen molar-refractivity contribution in [2.75, 3.05) is 7.11 Å². The Labute approximate surface area is 115 Å². The lowest BCUT2D eigenvalue weighted by molar-refractivity contribution is 0.407. The molecular weight excluding hydrogens is 234 g/mol. The largest absolute Gasteiger partial charge is 0.496 e. The molecule has 0 atom stereocenters. The summed E-state index contributed by atoms with van der Waals surface area (Å²) >= 11 is 0. The summed E-state index contributed by atoms with van der Waals surface area (Å²) in [5.41, 5.74) is 5.19. The monoisotopic (exact) mass is 255 g/mol. The molecule has 1 N–H and O–H groups in total. The quantitative estimate of drug-likeness (QED) is 0.881. The van der Waals surface area contributed by atoms with Gasteiger partial charge in [0.1, 0.15) is 5.75 Å². The Morgan fingerprint density at radius 2 is 1.74 bits per heavy atom. The Morgan fingerprint density at radius 1 is 0.947 bits per heavy atom. The summed E-state index contributed by atoms with van der Waals surface area (Å²) in [6, 6.07) is 14.7. The third-order valence-corrected chi connectivity index (χ3v) is 3.41. The van der Waals surface area contributed by atoms with Gasteiger partial charge in [0.15, 0.2) is 0 Å². The average molecular weight is 255 g/mol. The van der Waals surface area contributed by atoms with Gasteiger partial charge in [0.05, 0.1) is 7.11 Å². The number of nitrogens with one attached hydrogen (secondary N) is 1. The maximum Gasteiger partial charge on any atom is 0.123 e. The molecule has 0 aliphatic heterocycles. The summed E-state index contributed by atoms with van der Waals surface area (Å²) in [6.45, 7) is 5.98. The fraction of sp³-hybridized carbons (Fsp3) is 0.294. The van der Waals surface area contributed by atoms with Crippen molar-refractivity contribution in [3.8, 4) is 5.75 Å². The lowest BCUT2D eigenvalue weighted by Gasteiger charge is -2.10. The fourth-order valence-corrected chi connectivity index (χ4v) is 2.10. The van der Waals surface area contributed by atoms with Crippen LogP contribution in [0.3, 0.4) is 0 Å². The molecule has 2 rings (SSSR count). The minimum absolute atomic E-state index is 0.816. The van der Waals surface area contributed by atoms with Crippen LogP contribution in [0.25, 0.3) is 0 Å². The maximum atomic E-state index is 5.34. The number of ether oxygens (including phenoxy) is 1. The predicted octanol–water partition coefficient (Wildman–Crippen LogP) is 3.60. The van der Waals surface area contributed by atoms with Crippen molar-refractivity contribution in [3.05, 3.63) is 64.7 Å². The van der Waals surface area contributed by atoms with E-state index in [1.54, 1.807) is 7.11 Å². The Balaban J connectivity index is 1.94. The number of methoxy groups -OCH3 is 1. The minimum atomic E-state index is 0.816. The molecule has 0 saturated carbocycles. The smallest absolute Gasteiger partial charge is 0.123 e. The second-order valence-electron chi connectivity index (χ2n) is 4.83. The second kappa shape index (κ2) is 6.39. The highest BCUT2D eigenvalue weighted by Crippen LogP contribution is 2.17. The molecule has 0 fully saturated rings. The summed E-state index contributed by atoms with van der Waals surface area (Å²) in [7, 11) is 1.71. The van der Waals surface area contributed by atoms with Crippen LogP contribution in [0.2, 0.25) is 0 Å². The van der Waals surface area contributed by atoms with Crippen molar-refractivity contribution in [2.24, 2.45) is 0 Å². The van der Waals surface area contributed by atoms with E-state index in [1.807, 2.05) is 18.2 Å². The van der Waals surface area contributed by atoms with Gasteiger partial charge < -0.3 is 10.1 Å². The first-order chi connectivity index (χ1) is 9.20. The molecule has 0 aliphatic carbocycles. The molecular formula is C17H21NO. The molecule has 0 radical (unpaired) electrons. The van der Waals surface area contributed by atoms with Crippen LogP contribution in [0.4, 0.5) is 0 Å². The van der Waals surface area contributed by atoms with E-state index in [9.17, 15) is 0 Å². The van der Waals surface area contributed by atoms with Gasteiger partial charge in [0.2, 0.25) is 0 Å². The lowest BCUT2D eigenvalue weighted by Crippen LogP contribution is -2.13. The van der Waals surface area contributed by atoms with Crippen LogP contribution in [0, 0.1) is 13.8 Å². The first-order valence-corrected chi connectivity index (χ1v) is 6.59. The van der Waals surface area contributed by atoms with Crippen LogP contribution < -0.4 is 10.1 Å². The van der Waals surface area contributed by atoms with Crippen molar-refractivity contribution >= 4 is 0 Å². The van der Waals surface area contributed by atoms with Crippen molar-refractivity contribution in [2.45, 2.75) is 26.9 Å². The van der Waals surface area contributed by atoms with Crippen LogP contribution in [-0.4, -0.2) is 7.11 Å². The lowest BCUT2D eigenvalue weighted by atomic mass is 10.1. The summed E-state index contributed by atoms with van der Waals surface area (Å²) in [6.07, 6.45) is 0. The Morgan fingerprint density at radius 3 is 2.47 bits per heavy atom. The van der Waals surface area contributed by atoms with E-state index < -0.39 is 0 Å². The van der Waals surface area contributed by atoms with Crippen LogP contribution in [0.5, 0.6) is 5.75 Å². The molecule has 0 unspecified atom stereocenters. The van der Waals surface area contributed by atoms with Crippen molar-refractivity contribution in [1.29, 1.82) is 0 Å². The normalized spacial score (nSPS) is 10.5. The van der Waals surface area contributed by atoms with E-state index in [0.717, 1.165) is 18.8 Å². The molecule has 0 aliphatic rings. The Hall–Kier alpha value is -1.80. The number of hydrogen-bond donors (Lipinski definition) is 1. The summed E-state index contributed by atoms with van der Waals surface area (Å²) in [5, 5.41) is 3.46. The predicted molar refractivity (Wildman–Crippen MR) is 79.5 cm³/mol. The molecule has 0 aromatic heterocycles. The maximum absolute atomic E-state index is 5.34. The van der Waals surface area contributed by atoms with Gasteiger partial charge in [-0.3, -0.25) is 0 Å². The van der Waals surface area contributed by atoms with Gasteiger partial charge in [0.25, 0.3) is 0 Å². The van der Waals surface area contributed by atoms with Gasteiger partial charge in [-0.05, 0) is 36.6 Å². The molecule has 0 saturated heterocycles. The molecule has 100 valence electrons. The second-order valence-corrected chi connectivity index (χ2v) is 4.83. The van der Waals surface area contributed by atoms with Gasteiger partial charge in [-0.15, -0.1) is 0 Å². The number of aryl methyl sites for hydroxylation is 2. The third-order valence-electron chi connectivity index (χ3n) is 3.41. The van der Waals surface area contributed by atoms with Gasteiger partial charge >= 0.3 is 0 Å². The molecule has 0 bridgehead atoms. The fourth-order valence-electron chi connectivity index (χ4n) is 2.10. The van der Waals surface area contributed by atoms with Crippen LogP contribution in [-0.2, 0) is 13.1 Å². The molecule has 19 heavy (non-hydrogen) atoms. The van der Waals surface area contributed by atoms with Crippen molar-refractivity contribution < 1.29 is 4.74 Å². The van der Waals surface area contributed by atoms with Crippen LogP contribution >= 0.6 is 0 Å².